The van der Waals surface area contributed by atoms with E-state index in [0.29, 0.717) is 19.4 Å². The molecule has 1 N–H and O–H groups in total. The molecule has 0 bridgehead atoms. The Balaban J connectivity index is 2.51. The quantitative estimate of drug-likeness (QED) is 0.755. The van der Waals surface area contributed by atoms with E-state index in [0.717, 1.165) is 6.26 Å². The number of amides is 1. The fourth-order valence-electron chi connectivity index (χ4n) is 0.923. The first kappa shape index (κ1) is 12.6. The predicted molar refractivity (Wildman–Crippen MR) is 54.4 cm³/mol. The van der Waals surface area contributed by atoms with Crippen molar-refractivity contribution in [1.82, 2.24) is 15.5 Å². The first-order chi connectivity index (χ1) is 7.43. The van der Waals surface area contributed by atoms with Gasteiger partial charge in [-0.1, -0.05) is 12.0 Å². The Morgan fingerprint density at radius 1 is 1.44 bits per heavy atom. The lowest BCUT2D eigenvalue weighted by Gasteiger charge is -1.99. The normalized spacial score (nSPS) is 11.4. The molecule has 16 heavy (non-hydrogen) atoms. The van der Waals surface area contributed by atoms with Gasteiger partial charge >= 0.3 is 5.22 Å². The number of nitrogens with one attached hydrogen (secondary N) is 1. The summed E-state index contributed by atoms with van der Waals surface area (Å²) in [6.45, 7) is 2.09. The highest BCUT2D eigenvalue weighted by atomic mass is 32.2. The van der Waals surface area contributed by atoms with E-state index in [4.69, 9.17) is 4.42 Å². The smallest absolute Gasteiger partial charge is 0.335 e. The highest BCUT2D eigenvalue weighted by molar-refractivity contribution is 7.90. The van der Waals surface area contributed by atoms with Crippen LogP contribution in [0, 0.1) is 0 Å². The molecule has 1 rings (SSSR count). The molecular weight excluding hydrogens is 234 g/mol. The van der Waals surface area contributed by atoms with Crippen LogP contribution in [0.5, 0.6) is 0 Å². The minimum absolute atomic E-state index is 0.0807. The van der Waals surface area contributed by atoms with Crippen LogP contribution < -0.4 is 5.32 Å². The average molecular weight is 247 g/mol. The highest BCUT2D eigenvalue weighted by Crippen LogP contribution is 2.06. The van der Waals surface area contributed by atoms with Crippen LogP contribution in [0.25, 0.3) is 0 Å². The van der Waals surface area contributed by atoms with Crippen LogP contribution in [0.3, 0.4) is 0 Å². The molecule has 0 radical (unpaired) electrons. The lowest BCUT2D eigenvalue weighted by molar-refractivity contribution is -0.120. The molecule has 0 aliphatic heterocycles. The van der Waals surface area contributed by atoms with E-state index < -0.39 is 15.1 Å². The van der Waals surface area contributed by atoms with Crippen molar-refractivity contribution >= 4 is 15.7 Å². The number of sulfone groups is 1. The fraction of sp³-hybridized carbons (Fsp3) is 0.625. The number of hydrogen-bond donors (Lipinski definition) is 1. The highest BCUT2D eigenvalue weighted by Gasteiger charge is 2.16. The molecule has 0 unspecified atom stereocenters. The average Bonchev–Trinajstić information content (AvgIpc) is 2.65. The van der Waals surface area contributed by atoms with Gasteiger partial charge in [-0.3, -0.25) is 4.79 Å². The van der Waals surface area contributed by atoms with Gasteiger partial charge in [-0.05, 0) is 0 Å². The van der Waals surface area contributed by atoms with Crippen LogP contribution in [0.1, 0.15) is 19.2 Å². The van der Waals surface area contributed by atoms with E-state index in [9.17, 15) is 13.2 Å². The van der Waals surface area contributed by atoms with Crippen molar-refractivity contribution in [3.8, 4) is 0 Å². The van der Waals surface area contributed by atoms with E-state index in [1.807, 2.05) is 0 Å². The van der Waals surface area contributed by atoms with E-state index in [1.54, 1.807) is 6.92 Å². The molecule has 0 saturated heterocycles. The van der Waals surface area contributed by atoms with Crippen LogP contribution >= 0.6 is 0 Å². The summed E-state index contributed by atoms with van der Waals surface area (Å²) in [5, 5.41) is 9.16. The fourth-order valence-corrected chi connectivity index (χ4v) is 1.36. The number of nitrogens with zero attached hydrogens (tertiary/aromatic N) is 2. The van der Waals surface area contributed by atoms with Gasteiger partial charge in [0.05, 0.1) is 0 Å². The molecule has 0 spiro atoms. The van der Waals surface area contributed by atoms with Crippen molar-refractivity contribution in [3.05, 3.63) is 5.89 Å². The minimum atomic E-state index is -3.46. The van der Waals surface area contributed by atoms with Crippen molar-refractivity contribution in [2.75, 3.05) is 12.8 Å². The summed E-state index contributed by atoms with van der Waals surface area (Å²) in [6.07, 6.45) is 1.70. The monoisotopic (exact) mass is 247 g/mol. The van der Waals surface area contributed by atoms with Gasteiger partial charge in [0.15, 0.2) is 0 Å². The zero-order chi connectivity index (χ0) is 12.2. The summed E-state index contributed by atoms with van der Waals surface area (Å²) in [5.74, 6) is 0.111. The molecule has 0 aliphatic rings. The number of carbonyl (C=O) groups excluding carboxylic acids is 1. The first-order valence-corrected chi connectivity index (χ1v) is 6.61. The molecule has 8 heteroatoms. The number of rotatable bonds is 5. The lowest BCUT2D eigenvalue weighted by Crippen LogP contribution is -2.24. The molecule has 1 aromatic heterocycles. The summed E-state index contributed by atoms with van der Waals surface area (Å²) in [4.78, 5) is 10.9. The third-order valence-electron chi connectivity index (χ3n) is 1.75. The Kier molecular flexibility index (Phi) is 3.99. The standard InChI is InChI=1S/C8H13N3O4S/c1-3-6(12)9-5-4-7-10-11-8(15-7)16(2,13)14/h3-5H2,1-2H3,(H,9,12). The molecule has 90 valence electrons. The Morgan fingerprint density at radius 3 is 2.62 bits per heavy atom. The number of hydrogen-bond acceptors (Lipinski definition) is 6. The molecule has 1 aromatic rings. The Hall–Kier alpha value is -1.44. The molecule has 0 atom stereocenters. The summed E-state index contributed by atoms with van der Waals surface area (Å²) in [6, 6.07) is 0. The Labute approximate surface area is 93.2 Å². The third-order valence-corrected chi connectivity index (χ3v) is 2.55. The van der Waals surface area contributed by atoms with E-state index >= 15 is 0 Å². The molecule has 0 saturated carbocycles. The Morgan fingerprint density at radius 2 is 2.12 bits per heavy atom. The van der Waals surface area contributed by atoms with Crippen LogP contribution in [0.4, 0.5) is 0 Å². The van der Waals surface area contributed by atoms with Gasteiger partial charge in [0.25, 0.3) is 0 Å². The minimum Gasteiger partial charge on any atom is -0.412 e. The Bertz CT molecular complexity index is 465. The number of carbonyl (C=O) groups is 1. The summed E-state index contributed by atoms with van der Waals surface area (Å²) < 4.78 is 26.9. The van der Waals surface area contributed by atoms with Gasteiger partial charge in [-0.25, -0.2) is 8.42 Å². The van der Waals surface area contributed by atoms with Crippen molar-refractivity contribution in [2.24, 2.45) is 0 Å². The molecular formula is C8H13N3O4S. The molecule has 1 amide bonds. The van der Waals surface area contributed by atoms with Crippen molar-refractivity contribution in [3.63, 3.8) is 0 Å². The maximum absolute atomic E-state index is 11.0. The third kappa shape index (κ3) is 3.61. The summed E-state index contributed by atoms with van der Waals surface area (Å²) in [7, 11) is -3.46. The van der Waals surface area contributed by atoms with Crippen molar-refractivity contribution < 1.29 is 17.6 Å². The second kappa shape index (κ2) is 5.06. The van der Waals surface area contributed by atoms with Crippen molar-refractivity contribution in [1.29, 1.82) is 0 Å². The van der Waals surface area contributed by atoms with Crippen LogP contribution in [-0.2, 0) is 21.1 Å². The number of aromatic nitrogens is 2. The van der Waals surface area contributed by atoms with Gasteiger partial charge in [0, 0.05) is 25.6 Å². The second-order valence-electron chi connectivity index (χ2n) is 3.19. The summed E-state index contributed by atoms with van der Waals surface area (Å²) in [5.41, 5.74) is 0. The molecule has 7 nitrogen and oxygen atoms in total. The van der Waals surface area contributed by atoms with Gasteiger partial charge < -0.3 is 9.73 Å². The lowest BCUT2D eigenvalue weighted by atomic mass is 10.4. The predicted octanol–water partition coefficient (Wildman–Crippen LogP) is -0.458. The van der Waals surface area contributed by atoms with Gasteiger partial charge in [-0.2, -0.15) is 0 Å². The van der Waals surface area contributed by atoms with Gasteiger partial charge in [0.2, 0.25) is 21.6 Å². The maximum atomic E-state index is 11.0. The van der Waals surface area contributed by atoms with Crippen LogP contribution in [0.15, 0.2) is 9.64 Å². The van der Waals surface area contributed by atoms with Crippen LogP contribution in [0.2, 0.25) is 0 Å². The molecule has 0 aliphatic carbocycles. The largest absolute Gasteiger partial charge is 0.412 e. The van der Waals surface area contributed by atoms with Crippen LogP contribution in [-0.4, -0.2) is 37.3 Å². The topological polar surface area (TPSA) is 102 Å². The summed E-state index contributed by atoms with van der Waals surface area (Å²) >= 11 is 0. The molecule has 0 fully saturated rings. The SMILES string of the molecule is CCC(=O)NCCc1nnc(S(C)(=O)=O)o1. The van der Waals surface area contributed by atoms with E-state index in [2.05, 4.69) is 15.5 Å². The second-order valence-corrected chi connectivity index (χ2v) is 5.08. The molecule has 1 heterocycles. The zero-order valence-electron chi connectivity index (χ0n) is 9.06. The van der Waals surface area contributed by atoms with Crippen molar-refractivity contribution in [2.45, 2.75) is 25.0 Å². The van der Waals surface area contributed by atoms with E-state index in [-0.39, 0.29) is 11.8 Å². The first-order valence-electron chi connectivity index (χ1n) is 4.72. The van der Waals surface area contributed by atoms with E-state index in [1.165, 1.54) is 0 Å². The zero-order valence-corrected chi connectivity index (χ0v) is 9.87. The van der Waals surface area contributed by atoms with Gasteiger partial charge in [-0.15, -0.1) is 5.10 Å². The van der Waals surface area contributed by atoms with Gasteiger partial charge in [0.1, 0.15) is 0 Å². The molecule has 0 aromatic carbocycles. The maximum Gasteiger partial charge on any atom is 0.335 e.